The Bertz CT molecular complexity index is 649. The summed E-state index contributed by atoms with van der Waals surface area (Å²) in [4.78, 5) is 14.4. The summed E-state index contributed by atoms with van der Waals surface area (Å²) in [6, 6.07) is 5.38. The summed E-state index contributed by atoms with van der Waals surface area (Å²) in [6.07, 6.45) is 1.06. The van der Waals surface area contributed by atoms with Crippen LogP contribution in [0.3, 0.4) is 0 Å². The molecule has 0 saturated carbocycles. The second-order valence-corrected chi connectivity index (χ2v) is 4.28. The van der Waals surface area contributed by atoms with Crippen molar-refractivity contribution in [1.29, 1.82) is 0 Å². The first-order valence-electron chi connectivity index (χ1n) is 4.99. The summed E-state index contributed by atoms with van der Waals surface area (Å²) in [6.45, 7) is 0. The van der Waals surface area contributed by atoms with Gasteiger partial charge in [0.1, 0.15) is 5.02 Å². The number of ether oxygens (including phenoxy) is 1. The van der Waals surface area contributed by atoms with Gasteiger partial charge in [-0.25, -0.2) is 14.2 Å². The predicted octanol–water partition coefficient (Wildman–Crippen LogP) is 4.02. The topological polar surface area (TPSA) is 59.4 Å². The van der Waals surface area contributed by atoms with Crippen molar-refractivity contribution in [2.75, 3.05) is 0 Å². The van der Waals surface area contributed by atoms with Crippen molar-refractivity contribution in [2.24, 2.45) is 0 Å². The van der Waals surface area contributed by atoms with Crippen molar-refractivity contribution in [1.82, 2.24) is 4.98 Å². The maximum Gasteiger partial charge on any atom is 0.337 e. The second-order valence-electron chi connectivity index (χ2n) is 3.47. The number of aromatic carboxylic acids is 1. The first kappa shape index (κ1) is 13.6. The van der Waals surface area contributed by atoms with E-state index in [0.717, 1.165) is 12.3 Å². The van der Waals surface area contributed by atoms with Crippen LogP contribution in [0.2, 0.25) is 10.0 Å². The lowest BCUT2D eigenvalue weighted by Crippen LogP contribution is -1.99. The molecule has 0 aliphatic rings. The first-order valence-corrected chi connectivity index (χ1v) is 5.75. The number of halogens is 3. The largest absolute Gasteiger partial charge is 0.478 e. The molecule has 7 heteroatoms. The summed E-state index contributed by atoms with van der Waals surface area (Å²) < 4.78 is 18.8. The Morgan fingerprint density at radius 2 is 2.05 bits per heavy atom. The number of aromatic nitrogens is 1. The standard InChI is InChI=1S/C12H6Cl2FNO3/c13-7-2-1-3-9(10(7)15)19-11-8(14)4-6(5-16-11)12(17)18/h1-5H,(H,17,18). The van der Waals surface area contributed by atoms with Crippen molar-refractivity contribution in [3.05, 3.63) is 51.9 Å². The van der Waals surface area contributed by atoms with Crippen molar-refractivity contribution in [3.8, 4) is 11.6 Å². The monoisotopic (exact) mass is 301 g/mol. The van der Waals surface area contributed by atoms with E-state index >= 15 is 0 Å². The van der Waals surface area contributed by atoms with Crippen molar-refractivity contribution >= 4 is 29.2 Å². The van der Waals surface area contributed by atoms with Crippen molar-refractivity contribution < 1.29 is 19.0 Å². The molecule has 0 aliphatic carbocycles. The normalized spacial score (nSPS) is 10.3. The lowest BCUT2D eigenvalue weighted by Gasteiger charge is -2.08. The number of rotatable bonds is 3. The zero-order valence-electron chi connectivity index (χ0n) is 9.23. The van der Waals surface area contributed by atoms with E-state index in [9.17, 15) is 9.18 Å². The molecule has 0 bridgehead atoms. The van der Waals surface area contributed by atoms with Crippen LogP contribution in [0, 0.1) is 5.82 Å². The lowest BCUT2D eigenvalue weighted by molar-refractivity contribution is 0.0696. The van der Waals surface area contributed by atoms with E-state index in [2.05, 4.69) is 4.98 Å². The number of carbonyl (C=O) groups is 1. The molecule has 1 heterocycles. The lowest BCUT2D eigenvalue weighted by atomic mass is 10.3. The molecule has 0 amide bonds. The number of hydrogen-bond donors (Lipinski definition) is 1. The Hall–Kier alpha value is -1.85. The highest BCUT2D eigenvalue weighted by Gasteiger charge is 2.13. The van der Waals surface area contributed by atoms with Crippen LogP contribution in [0.1, 0.15) is 10.4 Å². The van der Waals surface area contributed by atoms with Crippen LogP contribution in [0.25, 0.3) is 0 Å². The van der Waals surface area contributed by atoms with Gasteiger partial charge in [0.25, 0.3) is 0 Å². The van der Waals surface area contributed by atoms with Crippen molar-refractivity contribution in [3.63, 3.8) is 0 Å². The van der Waals surface area contributed by atoms with E-state index in [1.807, 2.05) is 0 Å². The van der Waals surface area contributed by atoms with E-state index in [4.69, 9.17) is 33.0 Å². The molecule has 0 radical (unpaired) electrons. The van der Waals surface area contributed by atoms with Crippen LogP contribution in [0.5, 0.6) is 11.6 Å². The number of hydrogen-bond acceptors (Lipinski definition) is 3. The van der Waals surface area contributed by atoms with Gasteiger partial charge in [0.15, 0.2) is 11.6 Å². The van der Waals surface area contributed by atoms with Gasteiger partial charge in [-0.1, -0.05) is 29.3 Å². The highest BCUT2D eigenvalue weighted by molar-refractivity contribution is 6.32. The molecule has 1 aromatic heterocycles. The van der Waals surface area contributed by atoms with Crippen LogP contribution in [-0.4, -0.2) is 16.1 Å². The Kier molecular flexibility index (Phi) is 3.87. The molecular formula is C12H6Cl2FNO3. The van der Waals surface area contributed by atoms with E-state index in [0.29, 0.717) is 0 Å². The van der Waals surface area contributed by atoms with Crippen LogP contribution < -0.4 is 4.74 Å². The Labute approximate surface area is 117 Å². The van der Waals surface area contributed by atoms with E-state index < -0.39 is 11.8 Å². The number of nitrogens with zero attached hydrogens (tertiary/aromatic N) is 1. The van der Waals surface area contributed by atoms with Crippen molar-refractivity contribution in [2.45, 2.75) is 0 Å². The van der Waals surface area contributed by atoms with Gasteiger partial charge in [-0.3, -0.25) is 0 Å². The zero-order valence-corrected chi connectivity index (χ0v) is 10.7. The molecule has 0 saturated heterocycles. The molecule has 0 atom stereocenters. The van der Waals surface area contributed by atoms with Crippen LogP contribution in [0.4, 0.5) is 4.39 Å². The van der Waals surface area contributed by atoms with E-state index in [1.54, 1.807) is 0 Å². The van der Waals surface area contributed by atoms with E-state index in [-0.39, 0.29) is 27.2 Å². The van der Waals surface area contributed by atoms with Crippen LogP contribution in [-0.2, 0) is 0 Å². The molecule has 2 aromatic rings. The molecule has 2 rings (SSSR count). The molecule has 1 N–H and O–H groups in total. The molecule has 0 spiro atoms. The number of benzene rings is 1. The smallest absolute Gasteiger partial charge is 0.337 e. The Morgan fingerprint density at radius 1 is 1.32 bits per heavy atom. The fourth-order valence-electron chi connectivity index (χ4n) is 1.28. The minimum Gasteiger partial charge on any atom is -0.478 e. The quantitative estimate of drug-likeness (QED) is 0.930. The minimum absolute atomic E-state index is 0.0423. The van der Waals surface area contributed by atoms with Gasteiger partial charge >= 0.3 is 5.97 Å². The molecule has 19 heavy (non-hydrogen) atoms. The zero-order chi connectivity index (χ0) is 14.0. The first-order chi connectivity index (χ1) is 8.99. The Morgan fingerprint density at radius 3 is 2.68 bits per heavy atom. The molecule has 0 fully saturated rings. The minimum atomic E-state index is -1.17. The summed E-state index contributed by atoms with van der Waals surface area (Å²) >= 11 is 11.4. The van der Waals surface area contributed by atoms with Gasteiger partial charge in [-0.15, -0.1) is 0 Å². The fourth-order valence-corrected chi connectivity index (χ4v) is 1.66. The highest BCUT2D eigenvalue weighted by atomic mass is 35.5. The Balaban J connectivity index is 2.34. The molecule has 0 unspecified atom stereocenters. The summed E-state index contributed by atoms with van der Waals surface area (Å²) in [5.74, 6) is -2.17. The average Bonchev–Trinajstić information content (AvgIpc) is 2.37. The summed E-state index contributed by atoms with van der Waals surface area (Å²) in [5.41, 5.74) is -0.0936. The summed E-state index contributed by atoms with van der Waals surface area (Å²) in [7, 11) is 0. The van der Waals surface area contributed by atoms with Crippen LogP contribution in [0.15, 0.2) is 30.5 Å². The number of carboxylic acids is 1. The predicted molar refractivity (Wildman–Crippen MR) is 67.7 cm³/mol. The number of carboxylic acid groups (broad SMARTS) is 1. The van der Waals surface area contributed by atoms with Gasteiger partial charge in [0.2, 0.25) is 5.88 Å². The SMILES string of the molecule is O=C(O)c1cnc(Oc2cccc(Cl)c2F)c(Cl)c1. The third-order valence-corrected chi connectivity index (χ3v) is 2.74. The number of pyridine rings is 1. The second kappa shape index (κ2) is 5.42. The fraction of sp³-hybridized carbons (Fsp3) is 0. The molecule has 98 valence electrons. The molecule has 4 nitrogen and oxygen atoms in total. The highest BCUT2D eigenvalue weighted by Crippen LogP contribution is 2.31. The molecule has 1 aromatic carbocycles. The summed E-state index contributed by atoms with van der Waals surface area (Å²) in [5, 5.41) is 8.61. The maximum absolute atomic E-state index is 13.6. The van der Waals surface area contributed by atoms with Gasteiger partial charge in [0.05, 0.1) is 10.6 Å². The average molecular weight is 302 g/mol. The van der Waals surface area contributed by atoms with Gasteiger partial charge < -0.3 is 9.84 Å². The van der Waals surface area contributed by atoms with Gasteiger partial charge in [0, 0.05) is 6.20 Å². The van der Waals surface area contributed by atoms with E-state index in [1.165, 1.54) is 18.2 Å². The van der Waals surface area contributed by atoms with Gasteiger partial charge in [-0.2, -0.15) is 0 Å². The third-order valence-electron chi connectivity index (χ3n) is 2.18. The molecular weight excluding hydrogens is 296 g/mol. The third kappa shape index (κ3) is 2.94. The maximum atomic E-state index is 13.6. The molecule has 0 aliphatic heterocycles. The van der Waals surface area contributed by atoms with Crippen LogP contribution >= 0.6 is 23.2 Å². The van der Waals surface area contributed by atoms with Gasteiger partial charge in [-0.05, 0) is 18.2 Å².